The van der Waals surface area contributed by atoms with Crippen molar-refractivity contribution in [3.63, 3.8) is 0 Å². The highest BCUT2D eigenvalue weighted by Gasteiger charge is 2.23. The lowest BCUT2D eigenvalue weighted by molar-refractivity contribution is 0.350. The zero-order chi connectivity index (χ0) is 15.3. The molecule has 0 saturated carbocycles. The average molecular weight is 327 g/mol. The minimum absolute atomic E-state index is 0.151. The predicted octanol–water partition coefficient (Wildman–Crippen LogP) is 0.220. The summed E-state index contributed by atoms with van der Waals surface area (Å²) in [4.78, 5) is 0.184. The van der Waals surface area contributed by atoms with E-state index in [-0.39, 0.29) is 17.5 Å². The van der Waals surface area contributed by atoms with E-state index in [1.165, 1.54) is 12.1 Å². The molecule has 1 aliphatic heterocycles. The largest absolute Gasteiger partial charge is 0.384 e. The van der Waals surface area contributed by atoms with E-state index in [1.807, 2.05) is 0 Å². The Labute approximate surface area is 127 Å². The first kappa shape index (κ1) is 16.2. The Morgan fingerprint density at radius 1 is 1.24 bits per heavy atom. The van der Waals surface area contributed by atoms with Crippen LogP contribution in [0.5, 0.6) is 0 Å². The number of hydrogen-bond acceptors (Lipinski definition) is 4. The molecule has 0 radical (unpaired) electrons. The summed E-state index contributed by atoms with van der Waals surface area (Å²) in [6.45, 7) is -0.231. The molecule has 0 atom stereocenters. The molecule has 0 unspecified atom stereocenters. The van der Waals surface area contributed by atoms with Crippen LogP contribution in [0.1, 0.15) is 18.4 Å². The van der Waals surface area contributed by atoms with Crippen molar-refractivity contribution in [3.8, 4) is 11.8 Å². The first-order valence-electron chi connectivity index (χ1n) is 6.58. The fraction of sp³-hybridized carbons (Fsp3) is 0.429. The maximum absolute atomic E-state index is 12.2. The predicted molar refractivity (Wildman–Crippen MR) is 81.6 cm³/mol. The Morgan fingerprint density at radius 2 is 1.86 bits per heavy atom. The molecule has 1 aromatic rings. The highest BCUT2D eigenvalue weighted by atomic mass is 32.2. The number of nitrogens with one attached hydrogen (secondary N) is 1. The van der Waals surface area contributed by atoms with Crippen LogP contribution in [0.2, 0.25) is 0 Å². The number of aliphatic hydroxyl groups is 1. The first-order valence-corrected chi connectivity index (χ1v) is 9.55. The summed E-state index contributed by atoms with van der Waals surface area (Å²) in [5.74, 6) is 6.30. The average Bonchev–Trinajstić information content (AvgIpc) is 2.48. The van der Waals surface area contributed by atoms with Gasteiger partial charge in [-0.2, -0.15) is 0 Å². The molecule has 2 N–H and O–H groups in total. The van der Waals surface area contributed by atoms with Crippen molar-refractivity contribution in [3.05, 3.63) is 29.8 Å². The van der Waals surface area contributed by atoms with E-state index in [0.29, 0.717) is 29.9 Å². The smallest absolute Gasteiger partial charge is 0.240 e. The molecule has 0 spiro atoms. The monoisotopic (exact) mass is 327 g/mol. The van der Waals surface area contributed by atoms with Gasteiger partial charge in [0, 0.05) is 33.9 Å². The molecule has 0 aromatic heterocycles. The lowest BCUT2D eigenvalue weighted by atomic mass is 10.2. The number of sulfonamides is 1. The Morgan fingerprint density at radius 3 is 2.43 bits per heavy atom. The van der Waals surface area contributed by atoms with Gasteiger partial charge >= 0.3 is 0 Å². The molecule has 1 heterocycles. The quantitative estimate of drug-likeness (QED) is 0.778. The van der Waals surface area contributed by atoms with Crippen LogP contribution in [0.3, 0.4) is 0 Å². The molecular formula is C14H17NO4S2. The third-order valence-electron chi connectivity index (χ3n) is 3.19. The normalized spacial score (nSPS) is 22.3. The molecule has 1 fully saturated rings. The van der Waals surface area contributed by atoms with Crippen LogP contribution >= 0.6 is 0 Å². The molecule has 7 heteroatoms. The van der Waals surface area contributed by atoms with Gasteiger partial charge in [-0.15, -0.1) is 0 Å². The second-order valence-electron chi connectivity index (χ2n) is 4.73. The zero-order valence-corrected chi connectivity index (χ0v) is 13.0. The maximum atomic E-state index is 12.2. The molecule has 1 aliphatic rings. The van der Waals surface area contributed by atoms with E-state index in [1.54, 1.807) is 12.1 Å². The Bertz CT molecular complexity index is 661. The van der Waals surface area contributed by atoms with Gasteiger partial charge in [-0.3, -0.25) is 4.21 Å². The molecule has 0 amide bonds. The van der Waals surface area contributed by atoms with Gasteiger partial charge in [-0.05, 0) is 37.1 Å². The highest BCUT2D eigenvalue weighted by molar-refractivity contribution is 7.89. The highest BCUT2D eigenvalue weighted by Crippen LogP contribution is 2.15. The van der Waals surface area contributed by atoms with Crippen molar-refractivity contribution >= 4 is 20.8 Å². The lowest BCUT2D eigenvalue weighted by Gasteiger charge is -2.22. The summed E-state index contributed by atoms with van der Waals surface area (Å²) in [6, 6.07) is 6.04. The van der Waals surface area contributed by atoms with Crippen LogP contribution in [0.25, 0.3) is 0 Å². The number of hydrogen-bond donors (Lipinski definition) is 2. The van der Waals surface area contributed by atoms with E-state index in [4.69, 9.17) is 5.11 Å². The molecule has 2 rings (SSSR count). The van der Waals surface area contributed by atoms with Crippen LogP contribution in [0.15, 0.2) is 29.2 Å². The van der Waals surface area contributed by atoms with E-state index < -0.39 is 20.8 Å². The third-order valence-corrected chi connectivity index (χ3v) is 6.10. The topological polar surface area (TPSA) is 83.5 Å². The number of benzene rings is 1. The first-order chi connectivity index (χ1) is 10.0. The van der Waals surface area contributed by atoms with Gasteiger partial charge in [0.2, 0.25) is 10.0 Å². The van der Waals surface area contributed by atoms with E-state index in [9.17, 15) is 12.6 Å². The van der Waals surface area contributed by atoms with Crippen LogP contribution in [-0.4, -0.2) is 41.9 Å². The summed E-state index contributed by atoms with van der Waals surface area (Å²) in [6.07, 6.45) is 1.21. The van der Waals surface area contributed by atoms with Crippen molar-refractivity contribution in [1.82, 2.24) is 4.72 Å². The second kappa shape index (κ2) is 7.18. The number of aliphatic hydroxyl groups excluding tert-OH is 1. The molecule has 21 heavy (non-hydrogen) atoms. The second-order valence-corrected chi connectivity index (χ2v) is 8.14. The summed E-state index contributed by atoms with van der Waals surface area (Å²) in [5.41, 5.74) is 0.649. The summed E-state index contributed by atoms with van der Waals surface area (Å²) in [5, 5.41) is 8.61. The Balaban J connectivity index is 2.07. The lowest BCUT2D eigenvalue weighted by Crippen LogP contribution is -2.39. The van der Waals surface area contributed by atoms with Gasteiger partial charge in [0.1, 0.15) is 6.61 Å². The van der Waals surface area contributed by atoms with Crippen LogP contribution in [0.4, 0.5) is 0 Å². The summed E-state index contributed by atoms with van der Waals surface area (Å²) in [7, 11) is -4.37. The van der Waals surface area contributed by atoms with Crippen LogP contribution < -0.4 is 4.72 Å². The van der Waals surface area contributed by atoms with E-state index >= 15 is 0 Å². The van der Waals surface area contributed by atoms with Gasteiger partial charge in [0.05, 0.1) is 4.90 Å². The zero-order valence-electron chi connectivity index (χ0n) is 11.4. The molecule has 0 aliphatic carbocycles. The van der Waals surface area contributed by atoms with Gasteiger partial charge in [-0.25, -0.2) is 13.1 Å². The summed E-state index contributed by atoms with van der Waals surface area (Å²) >= 11 is 0. The maximum Gasteiger partial charge on any atom is 0.240 e. The molecule has 0 bridgehead atoms. The fourth-order valence-electron chi connectivity index (χ4n) is 2.06. The van der Waals surface area contributed by atoms with Crippen molar-refractivity contribution in [2.24, 2.45) is 0 Å². The SMILES string of the molecule is O=S1CCC(NS(=O)(=O)c2ccc(C#CCO)cc2)CC1. The molecule has 114 valence electrons. The minimum Gasteiger partial charge on any atom is -0.384 e. The molecule has 1 saturated heterocycles. The third kappa shape index (κ3) is 4.64. The van der Waals surface area contributed by atoms with Crippen molar-refractivity contribution in [2.45, 2.75) is 23.8 Å². The van der Waals surface area contributed by atoms with Crippen molar-refractivity contribution < 1.29 is 17.7 Å². The van der Waals surface area contributed by atoms with Crippen LogP contribution in [-0.2, 0) is 20.8 Å². The molecule has 5 nitrogen and oxygen atoms in total. The molecule has 1 aromatic carbocycles. The van der Waals surface area contributed by atoms with Crippen LogP contribution in [0, 0.1) is 11.8 Å². The van der Waals surface area contributed by atoms with Crippen molar-refractivity contribution in [2.75, 3.05) is 18.1 Å². The molecular weight excluding hydrogens is 310 g/mol. The van der Waals surface area contributed by atoms with Gasteiger partial charge in [0.15, 0.2) is 0 Å². The van der Waals surface area contributed by atoms with Crippen molar-refractivity contribution in [1.29, 1.82) is 0 Å². The van der Waals surface area contributed by atoms with Gasteiger partial charge in [0.25, 0.3) is 0 Å². The van der Waals surface area contributed by atoms with E-state index in [0.717, 1.165) is 0 Å². The van der Waals surface area contributed by atoms with E-state index in [2.05, 4.69) is 16.6 Å². The summed E-state index contributed by atoms with van der Waals surface area (Å²) < 4.78 is 38.4. The van der Waals surface area contributed by atoms with Gasteiger partial charge < -0.3 is 5.11 Å². The Kier molecular flexibility index (Phi) is 5.53. The standard InChI is InChI=1S/C14H17NO4S2/c16-9-1-2-12-3-5-14(6-4-12)21(18,19)15-13-7-10-20(17)11-8-13/h3-6,13,15-16H,7-11H2. The van der Waals surface area contributed by atoms with Gasteiger partial charge in [-0.1, -0.05) is 11.8 Å². The minimum atomic E-state index is -3.56. The Hall–Kier alpha value is -1.20. The number of rotatable bonds is 3. The fourth-order valence-corrected chi connectivity index (χ4v) is 4.66.